The van der Waals surface area contributed by atoms with Crippen LogP contribution in [0.4, 0.5) is 0 Å². The molecular formula is C11H16ClN3O2. The Morgan fingerprint density at radius 3 is 2.94 bits per heavy atom. The van der Waals surface area contributed by atoms with Crippen molar-refractivity contribution in [3.63, 3.8) is 0 Å². The van der Waals surface area contributed by atoms with E-state index in [4.69, 9.17) is 11.6 Å². The van der Waals surface area contributed by atoms with E-state index < -0.39 is 12.0 Å². The summed E-state index contributed by atoms with van der Waals surface area (Å²) in [7, 11) is 0. The second-order valence-electron chi connectivity index (χ2n) is 3.88. The van der Waals surface area contributed by atoms with Crippen molar-refractivity contribution in [2.75, 3.05) is 6.54 Å². The predicted octanol–water partition coefficient (Wildman–Crippen LogP) is 1.27. The normalized spacial score (nSPS) is 14.1. The van der Waals surface area contributed by atoms with Crippen molar-refractivity contribution in [2.45, 2.75) is 26.4 Å². The van der Waals surface area contributed by atoms with Gasteiger partial charge in [-0.25, -0.2) is 9.97 Å². The van der Waals surface area contributed by atoms with Crippen molar-refractivity contribution in [3.8, 4) is 0 Å². The van der Waals surface area contributed by atoms with Crippen LogP contribution in [0.25, 0.3) is 0 Å². The molecule has 2 atom stereocenters. The summed E-state index contributed by atoms with van der Waals surface area (Å²) in [6.07, 6.45) is 2.90. The highest BCUT2D eigenvalue weighted by Crippen LogP contribution is 2.11. The summed E-state index contributed by atoms with van der Waals surface area (Å²) in [5.41, 5.74) is 0.123. The molecule has 0 spiro atoms. The van der Waals surface area contributed by atoms with Gasteiger partial charge in [0.15, 0.2) is 0 Å². The van der Waals surface area contributed by atoms with Gasteiger partial charge in [0.05, 0.1) is 11.1 Å². The van der Waals surface area contributed by atoms with Gasteiger partial charge in [0.2, 0.25) is 0 Å². The van der Waals surface area contributed by atoms with Crippen molar-refractivity contribution in [1.29, 1.82) is 0 Å². The molecule has 0 aliphatic rings. The number of hydrogen-bond donors (Lipinski definition) is 2. The Labute approximate surface area is 105 Å². The van der Waals surface area contributed by atoms with E-state index in [0.29, 0.717) is 0 Å². The highest BCUT2D eigenvalue weighted by atomic mass is 35.5. The minimum atomic E-state index is -0.565. The molecule has 1 rings (SSSR count). The summed E-state index contributed by atoms with van der Waals surface area (Å²) >= 11 is 5.78. The Morgan fingerprint density at radius 2 is 2.35 bits per heavy atom. The van der Waals surface area contributed by atoms with E-state index in [1.807, 2.05) is 13.8 Å². The minimum Gasteiger partial charge on any atom is -0.391 e. The van der Waals surface area contributed by atoms with E-state index in [1.165, 1.54) is 12.5 Å². The molecule has 17 heavy (non-hydrogen) atoms. The summed E-state index contributed by atoms with van der Waals surface area (Å²) in [4.78, 5) is 19.2. The fraction of sp³-hybridized carbons (Fsp3) is 0.545. The van der Waals surface area contributed by atoms with Crippen LogP contribution >= 0.6 is 11.6 Å². The number of hydrogen-bond acceptors (Lipinski definition) is 4. The molecule has 5 nitrogen and oxygen atoms in total. The Morgan fingerprint density at radius 1 is 1.65 bits per heavy atom. The number of aliphatic hydroxyl groups excluding tert-OH is 1. The zero-order valence-corrected chi connectivity index (χ0v) is 10.6. The number of amides is 1. The van der Waals surface area contributed by atoms with Gasteiger partial charge in [0, 0.05) is 12.7 Å². The molecule has 0 aromatic carbocycles. The van der Waals surface area contributed by atoms with E-state index in [2.05, 4.69) is 15.3 Å². The lowest BCUT2D eigenvalue weighted by atomic mass is 10.0. The second-order valence-corrected chi connectivity index (χ2v) is 4.29. The number of nitrogens with one attached hydrogen (secondary N) is 1. The van der Waals surface area contributed by atoms with Crippen molar-refractivity contribution in [2.24, 2.45) is 5.92 Å². The molecule has 1 amide bonds. The third kappa shape index (κ3) is 3.94. The molecule has 0 aliphatic carbocycles. The first kappa shape index (κ1) is 13.9. The van der Waals surface area contributed by atoms with E-state index in [9.17, 15) is 9.90 Å². The Bertz CT molecular complexity index is 387. The summed E-state index contributed by atoms with van der Waals surface area (Å²) in [6.45, 7) is 4.10. The van der Waals surface area contributed by atoms with Crippen molar-refractivity contribution < 1.29 is 9.90 Å². The monoisotopic (exact) mass is 257 g/mol. The molecular weight excluding hydrogens is 242 g/mol. The van der Waals surface area contributed by atoms with Crippen LogP contribution < -0.4 is 5.32 Å². The zero-order valence-electron chi connectivity index (χ0n) is 9.85. The number of halogens is 1. The standard InChI is InChI=1S/C11H16ClN3O2/c1-3-7(2)9(16)5-14-11(17)10-8(12)4-13-6-15-10/h4,6-7,9,16H,3,5H2,1-2H3,(H,14,17). The zero-order chi connectivity index (χ0) is 12.8. The molecule has 94 valence electrons. The first-order chi connectivity index (χ1) is 8.06. The molecule has 0 bridgehead atoms. The lowest BCUT2D eigenvalue weighted by Gasteiger charge is -2.17. The van der Waals surface area contributed by atoms with Gasteiger partial charge in [-0.15, -0.1) is 0 Å². The average molecular weight is 258 g/mol. The highest BCUT2D eigenvalue weighted by molar-refractivity contribution is 6.33. The maximum Gasteiger partial charge on any atom is 0.271 e. The molecule has 0 aliphatic heterocycles. The third-order valence-electron chi connectivity index (χ3n) is 2.66. The van der Waals surface area contributed by atoms with Crippen molar-refractivity contribution in [1.82, 2.24) is 15.3 Å². The molecule has 1 heterocycles. The average Bonchev–Trinajstić information content (AvgIpc) is 2.35. The van der Waals surface area contributed by atoms with Gasteiger partial charge in [-0.2, -0.15) is 0 Å². The van der Waals surface area contributed by atoms with Crippen LogP contribution in [0.2, 0.25) is 5.02 Å². The number of carbonyl (C=O) groups excluding carboxylic acids is 1. The maximum absolute atomic E-state index is 11.7. The van der Waals surface area contributed by atoms with Crippen LogP contribution in [0.15, 0.2) is 12.5 Å². The number of aliphatic hydroxyl groups is 1. The maximum atomic E-state index is 11.7. The Balaban J connectivity index is 2.54. The fourth-order valence-corrected chi connectivity index (χ4v) is 1.42. The number of nitrogens with zero attached hydrogens (tertiary/aromatic N) is 2. The first-order valence-corrected chi connectivity index (χ1v) is 5.85. The number of rotatable bonds is 5. The summed E-state index contributed by atoms with van der Waals surface area (Å²) in [5.74, 6) is -0.268. The first-order valence-electron chi connectivity index (χ1n) is 5.48. The van der Waals surface area contributed by atoms with Gasteiger partial charge >= 0.3 is 0 Å². The summed E-state index contributed by atoms with van der Waals surface area (Å²) < 4.78 is 0. The Kier molecular flexibility index (Phi) is 5.31. The van der Waals surface area contributed by atoms with Gasteiger partial charge in [-0.3, -0.25) is 4.79 Å². The second kappa shape index (κ2) is 6.51. The lowest BCUT2D eigenvalue weighted by Crippen LogP contribution is -2.35. The molecule has 2 N–H and O–H groups in total. The lowest BCUT2D eigenvalue weighted by molar-refractivity contribution is 0.0846. The molecule has 6 heteroatoms. The summed E-state index contributed by atoms with van der Waals surface area (Å²) in [6, 6.07) is 0. The van der Waals surface area contributed by atoms with Crippen LogP contribution in [0.5, 0.6) is 0 Å². The van der Waals surface area contributed by atoms with Gasteiger partial charge in [0.1, 0.15) is 12.0 Å². The summed E-state index contributed by atoms with van der Waals surface area (Å²) in [5, 5.41) is 12.5. The molecule has 0 fully saturated rings. The minimum absolute atomic E-state index is 0.123. The molecule has 0 saturated carbocycles. The van der Waals surface area contributed by atoms with Gasteiger partial charge in [-0.05, 0) is 5.92 Å². The third-order valence-corrected chi connectivity index (χ3v) is 2.93. The largest absolute Gasteiger partial charge is 0.391 e. The van der Waals surface area contributed by atoms with Gasteiger partial charge in [-0.1, -0.05) is 31.9 Å². The van der Waals surface area contributed by atoms with Crippen molar-refractivity contribution in [3.05, 3.63) is 23.2 Å². The quantitative estimate of drug-likeness (QED) is 0.833. The van der Waals surface area contributed by atoms with E-state index in [-0.39, 0.29) is 23.2 Å². The van der Waals surface area contributed by atoms with Crippen molar-refractivity contribution >= 4 is 17.5 Å². The van der Waals surface area contributed by atoms with Crippen LogP contribution in [-0.2, 0) is 0 Å². The molecule has 2 unspecified atom stereocenters. The van der Waals surface area contributed by atoms with Crippen LogP contribution in [0.1, 0.15) is 30.8 Å². The predicted molar refractivity (Wildman–Crippen MR) is 64.8 cm³/mol. The van der Waals surface area contributed by atoms with Crippen LogP contribution in [-0.4, -0.2) is 33.6 Å². The SMILES string of the molecule is CCC(C)C(O)CNC(=O)c1ncncc1Cl. The Hall–Kier alpha value is -1.20. The fourth-order valence-electron chi connectivity index (χ4n) is 1.23. The molecule has 0 saturated heterocycles. The topological polar surface area (TPSA) is 75.1 Å². The molecule has 1 aromatic heterocycles. The molecule has 1 aromatic rings. The van der Waals surface area contributed by atoms with Gasteiger partial charge < -0.3 is 10.4 Å². The van der Waals surface area contributed by atoms with E-state index in [1.54, 1.807) is 0 Å². The van der Waals surface area contributed by atoms with E-state index >= 15 is 0 Å². The number of carbonyl (C=O) groups is 1. The van der Waals surface area contributed by atoms with E-state index in [0.717, 1.165) is 6.42 Å². The number of aromatic nitrogens is 2. The molecule has 0 radical (unpaired) electrons. The smallest absolute Gasteiger partial charge is 0.271 e. The highest BCUT2D eigenvalue weighted by Gasteiger charge is 2.16. The van der Waals surface area contributed by atoms with Gasteiger partial charge in [0.25, 0.3) is 5.91 Å². The van der Waals surface area contributed by atoms with Crippen LogP contribution in [0, 0.1) is 5.92 Å². The van der Waals surface area contributed by atoms with Crippen LogP contribution in [0.3, 0.4) is 0 Å².